The van der Waals surface area contributed by atoms with Gasteiger partial charge >= 0.3 is 0 Å². The fourth-order valence-electron chi connectivity index (χ4n) is 2.21. The summed E-state index contributed by atoms with van der Waals surface area (Å²) in [5.74, 6) is 0. The molecule has 0 spiro atoms. The van der Waals surface area contributed by atoms with Gasteiger partial charge in [-0.3, -0.25) is 4.98 Å². The van der Waals surface area contributed by atoms with E-state index in [-0.39, 0.29) is 0 Å². The van der Waals surface area contributed by atoms with Crippen LogP contribution in [0.3, 0.4) is 0 Å². The van der Waals surface area contributed by atoms with Crippen LogP contribution in [-0.4, -0.2) is 11.5 Å². The first kappa shape index (κ1) is 13.4. The van der Waals surface area contributed by atoms with E-state index in [4.69, 9.17) is 5.73 Å². The topological polar surface area (TPSA) is 42.2 Å². The van der Waals surface area contributed by atoms with Crippen LogP contribution in [0.2, 0.25) is 0 Å². The molecule has 2 rings (SSSR count). The average Bonchev–Trinajstić information content (AvgIpc) is 2.37. The number of nitrogens with two attached hydrogens (primary N) is 1. The molecule has 0 atom stereocenters. The maximum Gasteiger partial charge on any atom is 0.0603 e. The van der Waals surface area contributed by atoms with Gasteiger partial charge in [0.05, 0.1) is 23.6 Å². The quantitative estimate of drug-likeness (QED) is 0.852. The molecular formula is C16H21N3. The van der Waals surface area contributed by atoms with Crippen molar-refractivity contribution in [3.05, 3.63) is 53.3 Å². The van der Waals surface area contributed by atoms with Crippen molar-refractivity contribution in [3.63, 3.8) is 0 Å². The standard InChI is InChI=1S/C16H21N3/c1-4-19(11-14-7-5-6-13(3)18-14)16-9-8-12(2)10-15(16)17/h5-10H,4,11,17H2,1-3H3. The number of aryl methyl sites for hydroxylation is 2. The van der Waals surface area contributed by atoms with Crippen LogP contribution < -0.4 is 10.6 Å². The Bertz CT molecular complexity index is 564. The highest BCUT2D eigenvalue weighted by Crippen LogP contribution is 2.25. The molecule has 0 radical (unpaired) electrons. The summed E-state index contributed by atoms with van der Waals surface area (Å²) >= 11 is 0. The van der Waals surface area contributed by atoms with E-state index in [1.165, 1.54) is 5.56 Å². The maximum atomic E-state index is 6.12. The van der Waals surface area contributed by atoms with Gasteiger partial charge < -0.3 is 10.6 Å². The Morgan fingerprint density at radius 2 is 1.95 bits per heavy atom. The van der Waals surface area contributed by atoms with Crippen LogP contribution in [0.4, 0.5) is 11.4 Å². The summed E-state index contributed by atoms with van der Waals surface area (Å²) < 4.78 is 0. The Morgan fingerprint density at radius 3 is 2.58 bits per heavy atom. The van der Waals surface area contributed by atoms with Crippen LogP contribution in [-0.2, 0) is 6.54 Å². The first-order valence-corrected chi connectivity index (χ1v) is 6.63. The molecule has 1 aromatic carbocycles. The molecular weight excluding hydrogens is 234 g/mol. The molecule has 2 aromatic rings. The molecule has 1 heterocycles. The van der Waals surface area contributed by atoms with Gasteiger partial charge in [0.25, 0.3) is 0 Å². The summed E-state index contributed by atoms with van der Waals surface area (Å²) in [6.07, 6.45) is 0. The second-order valence-electron chi connectivity index (χ2n) is 4.85. The van der Waals surface area contributed by atoms with Crippen molar-refractivity contribution in [1.29, 1.82) is 0 Å². The molecule has 0 unspecified atom stereocenters. The number of benzene rings is 1. The molecule has 0 saturated carbocycles. The maximum absolute atomic E-state index is 6.12. The second kappa shape index (κ2) is 5.74. The van der Waals surface area contributed by atoms with E-state index >= 15 is 0 Å². The van der Waals surface area contributed by atoms with Crippen LogP contribution in [0.5, 0.6) is 0 Å². The molecule has 3 nitrogen and oxygen atoms in total. The minimum Gasteiger partial charge on any atom is -0.397 e. The molecule has 0 aliphatic carbocycles. The highest BCUT2D eigenvalue weighted by atomic mass is 15.1. The molecule has 100 valence electrons. The summed E-state index contributed by atoms with van der Waals surface area (Å²) in [6, 6.07) is 12.3. The van der Waals surface area contributed by atoms with E-state index < -0.39 is 0 Å². The fourth-order valence-corrected chi connectivity index (χ4v) is 2.21. The fraction of sp³-hybridized carbons (Fsp3) is 0.312. The SMILES string of the molecule is CCN(Cc1cccc(C)n1)c1ccc(C)cc1N. The minimum atomic E-state index is 0.783. The Hall–Kier alpha value is -2.03. The smallest absolute Gasteiger partial charge is 0.0603 e. The summed E-state index contributed by atoms with van der Waals surface area (Å²) in [6.45, 7) is 7.89. The highest BCUT2D eigenvalue weighted by molar-refractivity contribution is 5.68. The van der Waals surface area contributed by atoms with Crippen LogP contribution in [0.25, 0.3) is 0 Å². The van der Waals surface area contributed by atoms with E-state index in [1.807, 2.05) is 25.1 Å². The summed E-state index contributed by atoms with van der Waals surface area (Å²) in [5.41, 5.74) is 11.3. The molecule has 0 saturated heterocycles. The number of nitrogen functional groups attached to an aromatic ring is 1. The summed E-state index contributed by atoms with van der Waals surface area (Å²) in [7, 11) is 0. The lowest BCUT2D eigenvalue weighted by Gasteiger charge is -2.24. The van der Waals surface area contributed by atoms with Gasteiger partial charge in [0.2, 0.25) is 0 Å². The van der Waals surface area contributed by atoms with E-state index in [9.17, 15) is 0 Å². The van der Waals surface area contributed by atoms with Gasteiger partial charge in [-0.05, 0) is 50.6 Å². The molecule has 19 heavy (non-hydrogen) atoms. The Labute approximate surface area is 115 Å². The largest absolute Gasteiger partial charge is 0.397 e. The molecule has 0 fully saturated rings. The Kier molecular flexibility index (Phi) is 4.05. The zero-order valence-electron chi connectivity index (χ0n) is 11.9. The number of pyridine rings is 1. The van der Waals surface area contributed by atoms with E-state index in [2.05, 4.69) is 41.9 Å². The van der Waals surface area contributed by atoms with Gasteiger partial charge in [-0.2, -0.15) is 0 Å². The van der Waals surface area contributed by atoms with Crippen LogP contribution in [0.1, 0.15) is 23.9 Å². The number of rotatable bonds is 4. The predicted molar refractivity (Wildman–Crippen MR) is 81.3 cm³/mol. The van der Waals surface area contributed by atoms with Crippen molar-refractivity contribution in [2.75, 3.05) is 17.2 Å². The highest BCUT2D eigenvalue weighted by Gasteiger charge is 2.09. The molecule has 3 heteroatoms. The van der Waals surface area contributed by atoms with Gasteiger partial charge in [-0.25, -0.2) is 0 Å². The monoisotopic (exact) mass is 255 g/mol. The molecule has 0 aliphatic heterocycles. The van der Waals surface area contributed by atoms with Gasteiger partial charge in [-0.15, -0.1) is 0 Å². The summed E-state index contributed by atoms with van der Waals surface area (Å²) in [4.78, 5) is 6.80. The third-order valence-electron chi connectivity index (χ3n) is 3.20. The van der Waals surface area contributed by atoms with Gasteiger partial charge in [0.15, 0.2) is 0 Å². The van der Waals surface area contributed by atoms with Crippen molar-refractivity contribution in [2.24, 2.45) is 0 Å². The number of hydrogen-bond donors (Lipinski definition) is 1. The summed E-state index contributed by atoms with van der Waals surface area (Å²) in [5, 5.41) is 0. The lowest BCUT2D eigenvalue weighted by atomic mass is 10.1. The lowest BCUT2D eigenvalue weighted by Crippen LogP contribution is -2.23. The number of aromatic nitrogens is 1. The first-order valence-electron chi connectivity index (χ1n) is 6.63. The molecule has 2 N–H and O–H groups in total. The van der Waals surface area contributed by atoms with Crippen molar-refractivity contribution < 1.29 is 0 Å². The molecule has 0 bridgehead atoms. The van der Waals surface area contributed by atoms with Crippen LogP contribution in [0.15, 0.2) is 36.4 Å². The van der Waals surface area contributed by atoms with E-state index in [1.54, 1.807) is 0 Å². The number of hydrogen-bond acceptors (Lipinski definition) is 3. The van der Waals surface area contributed by atoms with E-state index in [0.717, 1.165) is 35.9 Å². The lowest BCUT2D eigenvalue weighted by molar-refractivity contribution is 0.807. The minimum absolute atomic E-state index is 0.783. The van der Waals surface area contributed by atoms with Crippen LogP contribution in [0, 0.1) is 13.8 Å². The Balaban J connectivity index is 2.25. The van der Waals surface area contributed by atoms with Gasteiger partial charge in [0, 0.05) is 12.2 Å². The second-order valence-corrected chi connectivity index (χ2v) is 4.85. The van der Waals surface area contributed by atoms with Crippen LogP contribution >= 0.6 is 0 Å². The Morgan fingerprint density at radius 1 is 1.16 bits per heavy atom. The van der Waals surface area contributed by atoms with Gasteiger partial charge in [0.1, 0.15) is 0 Å². The first-order chi connectivity index (χ1) is 9.10. The zero-order chi connectivity index (χ0) is 13.8. The van der Waals surface area contributed by atoms with Gasteiger partial charge in [-0.1, -0.05) is 12.1 Å². The van der Waals surface area contributed by atoms with Crippen molar-refractivity contribution >= 4 is 11.4 Å². The number of nitrogens with zero attached hydrogens (tertiary/aromatic N) is 2. The van der Waals surface area contributed by atoms with E-state index in [0.29, 0.717) is 0 Å². The number of anilines is 2. The van der Waals surface area contributed by atoms with Crippen molar-refractivity contribution in [2.45, 2.75) is 27.3 Å². The molecule has 1 aromatic heterocycles. The normalized spacial score (nSPS) is 10.5. The third-order valence-corrected chi connectivity index (χ3v) is 3.20. The molecule has 0 amide bonds. The van der Waals surface area contributed by atoms with Crippen molar-refractivity contribution in [3.8, 4) is 0 Å². The molecule has 0 aliphatic rings. The predicted octanol–water partition coefficient (Wildman–Crippen LogP) is 3.31. The van der Waals surface area contributed by atoms with Crippen molar-refractivity contribution in [1.82, 2.24) is 4.98 Å². The third kappa shape index (κ3) is 3.25. The average molecular weight is 255 g/mol. The zero-order valence-corrected chi connectivity index (χ0v) is 11.9.